The number of amides is 2. The summed E-state index contributed by atoms with van der Waals surface area (Å²) < 4.78 is 0. The Labute approximate surface area is 108 Å². The lowest BCUT2D eigenvalue weighted by Gasteiger charge is -2.39. The first-order valence-electron chi connectivity index (χ1n) is 6.69. The molecule has 0 aromatic rings. The van der Waals surface area contributed by atoms with Crippen molar-refractivity contribution >= 4 is 12.0 Å². The molecule has 1 unspecified atom stereocenters. The van der Waals surface area contributed by atoms with E-state index in [9.17, 15) is 9.59 Å². The molecule has 1 saturated carbocycles. The van der Waals surface area contributed by atoms with Crippen LogP contribution >= 0.6 is 0 Å². The second kappa shape index (κ2) is 6.61. The normalized spacial score (nSPS) is 18.6. The van der Waals surface area contributed by atoms with Gasteiger partial charge < -0.3 is 15.7 Å². The largest absolute Gasteiger partial charge is 0.481 e. The predicted molar refractivity (Wildman–Crippen MR) is 69.4 cm³/mol. The van der Waals surface area contributed by atoms with Crippen molar-refractivity contribution < 1.29 is 14.7 Å². The van der Waals surface area contributed by atoms with Crippen LogP contribution in [0.2, 0.25) is 0 Å². The van der Waals surface area contributed by atoms with Crippen LogP contribution in [0.25, 0.3) is 0 Å². The van der Waals surface area contributed by atoms with E-state index < -0.39 is 5.97 Å². The van der Waals surface area contributed by atoms with Gasteiger partial charge in [0.25, 0.3) is 0 Å². The van der Waals surface area contributed by atoms with Gasteiger partial charge in [-0.05, 0) is 44.9 Å². The molecule has 0 bridgehead atoms. The third kappa shape index (κ3) is 5.38. The fraction of sp³-hybridized carbons (Fsp3) is 0.846. The summed E-state index contributed by atoms with van der Waals surface area (Å²) in [6, 6.07) is -0.109. The van der Waals surface area contributed by atoms with Crippen LogP contribution in [0.15, 0.2) is 0 Å². The highest BCUT2D eigenvalue weighted by molar-refractivity contribution is 5.74. The van der Waals surface area contributed by atoms with E-state index in [0.717, 1.165) is 19.3 Å². The van der Waals surface area contributed by atoms with Crippen molar-refractivity contribution in [1.82, 2.24) is 10.6 Å². The maximum Gasteiger partial charge on any atom is 0.315 e. The number of hydrogen-bond acceptors (Lipinski definition) is 2. The van der Waals surface area contributed by atoms with E-state index in [1.54, 1.807) is 0 Å². The van der Waals surface area contributed by atoms with E-state index in [2.05, 4.69) is 17.6 Å². The lowest BCUT2D eigenvalue weighted by molar-refractivity contribution is -0.137. The zero-order chi connectivity index (χ0) is 13.6. The molecule has 0 spiro atoms. The van der Waals surface area contributed by atoms with Crippen LogP contribution in [0, 0.1) is 5.92 Å². The molecule has 1 fully saturated rings. The number of aliphatic carboxylic acids is 1. The van der Waals surface area contributed by atoms with E-state index in [4.69, 9.17) is 5.11 Å². The van der Waals surface area contributed by atoms with Gasteiger partial charge in [0.15, 0.2) is 0 Å². The number of carboxylic acids is 1. The zero-order valence-electron chi connectivity index (χ0n) is 11.3. The molecule has 104 valence electrons. The second-order valence-corrected chi connectivity index (χ2v) is 5.62. The highest BCUT2D eigenvalue weighted by Crippen LogP contribution is 2.30. The third-order valence-corrected chi connectivity index (χ3v) is 3.65. The smallest absolute Gasteiger partial charge is 0.315 e. The van der Waals surface area contributed by atoms with Crippen LogP contribution in [0.1, 0.15) is 52.4 Å². The molecule has 5 heteroatoms. The summed E-state index contributed by atoms with van der Waals surface area (Å²) in [5.74, 6) is -0.439. The summed E-state index contributed by atoms with van der Waals surface area (Å²) >= 11 is 0. The van der Waals surface area contributed by atoms with Gasteiger partial charge in [0.1, 0.15) is 0 Å². The summed E-state index contributed by atoms with van der Waals surface area (Å²) in [6.45, 7) is 4.67. The van der Waals surface area contributed by atoms with Crippen LogP contribution in [-0.2, 0) is 4.79 Å². The molecule has 1 rings (SSSR count). The van der Waals surface area contributed by atoms with Gasteiger partial charge in [0.2, 0.25) is 0 Å². The topological polar surface area (TPSA) is 78.4 Å². The number of carbonyl (C=O) groups excluding carboxylic acids is 1. The fourth-order valence-corrected chi connectivity index (χ4v) is 2.10. The molecule has 5 nitrogen and oxygen atoms in total. The molecule has 3 N–H and O–H groups in total. The lowest BCUT2D eigenvalue weighted by atomic mass is 9.79. The number of carboxylic acid groups (broad SMARTS) is 1. The van der Waals surface area contributed by atoms with Crippen LogP contribution in [0.5, 0.6) is 0 Å². The minimum absolute atomic E-state index is 0.0149. The summed E-state index contributed by atoms with van der Waals surface area (Å²) in [4.78, 5) is 22.0. The molecule has 0 aromatic carbocycles. The molecule has 18 heavy (non-hydrogen) atoms. The van der Waals surface area contributed by atoms with Crippen molar-refractivity contribution in [1.29, 1.82) is 0 Å². The Hall–Kier alpha value is -1.26. The predicted octanol–water partition coefficient (Wildman–Crippen LogP) is 2.12. The maximum absolute atomic E-state index is 11.6. The van der Waals surface area contributed by atoms with Gasteiger partial charge in [-0.1, -0.05) is 6.92 Å². The molecule has 0 heterocycles. The van der Waals surface area contributed by atoms with Crippen molar-refractivity contribution in [3.05, 3.63) is 0 Å². The Bertz CT molecular complexity index is 301. The summed E-state index contributed by atoms with van der Waals surface area (Å²) in [5, 5.41) is 14.4. The second-order valence-electron chi connectivity index (χ2n) is 5.62. The Balaban J connectivity index is 2.06. The molecule has 1 aliphatic rings. The van der Waals surface area contributed by atoms with Crippen LogP contribution in [0.3, 0.4) is 0 Å². The minimum Gasteiger partial charge on any atom is -0.481 e. The monoisotopic (exact) mass is 256 g/mol. The van der Waals surface area contributed by atoms with Crippen molar-refractivity contribution in [3.8, 4) is 0 Å². The van der Waals surface area contributed by atoms with Crippen molar-refractivity contribution in [2.45, 2.75) is 57.9 Å². The van der Waals surface area contributed by atoms with Gasteiger partial charge in [-0.25, -0.2) is 4.79 Å². The molecule has 1 atom stereocenters. The third-order valence-electron chi connectivity index (χ3n) is 3.65. The van der Waals surface area contributed by atoms with Gasteiger partial charge in [-0.3, -0.25) is 4.79 Å². The van der Waals surface area contributed by atoms with Crippen LogP contribution in [-0.4, -0.2) is 29.2 Å². The van der Waals surface area contributed by atoms with Crippen LogP contribution in [0.4, 0.5) is 4.79 Å². The maximum atomic E-state index is 11.6. The number of hydrogen-bond donors (Lipinski definition) is 3. The minimum atomic E-state index is -0.759. The quantitative estimate of drug-likeness (QED) is 0.653. The molecule has 2 amide bonds. The van der Waals surface area contributed by atoms with E-state index in [1.807, 2.05) is 6.92 Å². The van der Waals surface area contributed by atoms with Gasteiger partial charge in [-0.2, -0.15) is 0 Å². The first-order valence-corrected chi connectivity index (χ1v) is 6.69. The van der Waals surface area contributed by atoms with Gasteiger partial charge >= 0.3 is 12.0 Å². The molecule has 1 aliphatic carbocycles. The highest BCUT2D eigenvalue weighted by atomic mass is 16.4. The van der Waals surface area contributed by atoms with Gasteiger partial charge in [0, 0.05) is 18.5 Å². The van der Waals surface area contributed by atoms with Gasteiger partial charge in [0.05, 0.1) is 0 Å². The zero-order valence-corrected chi connectivity index (χ0v) is 11.3. The standard InChI is InChI=1S/C13H24N2O3/c1-10(4-5-11(16)17)6-9-14-12(18)15-13(2)7-3-8-13/h10H,3-9H2,1-2H3,(H,16,17)(H2,14,15,18). The summed E-state index contributed by atoms with van der Waals surface area (Å²) in [5.41, 5.74) is -0.0149. The van der Waals surface area contributed by atoms with Crippen molar-refractivity contribution in [3.63, 3.8) is 0 Å². The number of rotatable bonds is 7. The molecule has 0 saturated heterocycles. The van der Waals surface area contributed by atoms with Crippen molar-refractivity contribution in [2.75, 3.05) is 6.54 Å². The Kier molecular flexibility index (Phi) is 5.44. The Morgan fingerprint density at radius 2 is 2.00 bits per heavy atom. The SMILES string of the molecule is CC(CCNC(=O)NC1(C)CCC1)CCC(=O)O. The number of urea groups is 1. The summed E-state index contributed by atoms with van der Waals surface area (Å²) in [6.07, 6.45) is 4.97. The molecular formula is C13H24N2O3. The molecule has 0 aliphatic heterocycles. The van der Waals surface area contributed by atoms with E-state index in [1.165, 1.54) is 6.42 Å². The lowest BCUT2D eigenvalue weighted by Crippen LogP contribution is -2.54. The molecule has 0 aromatic heterocycles. The molecule has 0 radical (unpaired) electrons. The first-order chi connectivity index (χ1) is 8.41. The highest BCUT2D eigenvalue weighted by Gasteiger charge is 2.32. The molecular weight excluding hydrogens is 232 g/mol. The number of carbonyl (C=O) groups is 2. The fourth-order valence-electron chi connectivity index (χ4n) is 2.10. The first kappa shape index (κ1) is 14.8. The number of nitrogens with one attached hydrogen (secondary N) is 2. The van der Waals surface area contributed by atoms with E-state index >= 15 is 0 Å². The Morgan fingerprint density at radius 3 is 2.50 bits per heavy atom. The average molecular weight is 256 g/mol. The van der Waals surface area contributed by atoms with Crippen molar-refractivity contribution in [2.24, 2.45) is 5.92 Å². The summed E-state index contributed by atoms with van der Waals surface area (Å²) in [7, 11) is 0. The van der Waals surface area contributed by atoms with E-state index in [0.29, 0.717) is 18.9 Å². The Morgan fingerprint density at radius 1 is 1.33 bits per heavy atom. The van der Waals surface area contributed by atoms with Gasteiger partial charge in [-0.15, -0.1) is 0 Å². The average Bonchev–Trinajstić information content (AvgIpc) is 2.24. The van der Waals surface area contributed by atoms with Crippen LogP contribution < -0.4 is 10.6 Å². The van der Waals surface area contributed by atoms with E-state index in [-0.39, 0.29) is 18.0 Å².